The number of esters is 1. The zero-order chi connectivity index (χ0) is 19.4. The van der Waals surface area contributed by atoms with E-state index in [0.717, 1.165) is 22.5 Å². The summed E-state index contributed by atoms with van der Waals surface area (Å²) in [5, 5.41) is 6.96. The third-order valence-electron chi connectivity index (χ3n) is 3.94. The van der Waals surface area contributed by atoms with Crippen LogP contribution in [0.4, 0.5) is 0 Å². The lowest BCUT2D eigenvalue weighted by atomic mass is 10.1. The number of hydrogen-bond donors (Lipinski definition) is 1. The van der Waals surface area contributed by atoms with E-state index in [2.05, 4.69) is 20.4 Å². The number of fused-ring (bicyclic) bond motifs is 1. The SMILES string of the molecule is Cc1ccc(CNC(=O)COC(=O)Cc2nc3nc(C)cc(C)n3n2)cc1. The van der Waals surface area contributed by atoms with Crippen LogP contribution in [0.3, 0.4) is 0 Å². The van der Waals surface area contributed by atoms with Crippen LogP contribution in [0.2, 0.25) is 0 Å². The second kappa shape index (κ2) is 7.94. The molecular weight excluding hydrogens is 346 g/mol. The molecule has 27 heavy (non-hydrogen) atoms. The Morgan fingerprint density at radius 1 is 1.11 bits per heavy atom. The number of carbonyl (C=O) groups excluding carboxylic acids is 2. The van der Waals surface area contributed by atoms with E-state index >= 15 is 0 Å². The molecule has 0 radical (unpaired) electrons. The van der Waals surface area contributed by atoms with Crippen LogP contribution in [-0.2, 0) is 27.3 Å². The van der Waals surface area contributed by atoms with E-state index in [1.54, 1.807) is 4.52 Å². The maximum absolute atomic E-state index is 11.9. The topological polar surface area (TPSA) is 98.5 Å². The standard InChI is InChI=1S/C19H21N5O3/c1-12-4-6-15(7-5-12)10-20-17(25)11-27-18(26)9-16-22-19-21-13(2)8-14(3)24(19)23-16/h4-8H,9-11H2,1-3H3,(H,20,25). The fourth-order valence-electron chi connectivity index (χ4n) is 2.57. The molecule has 2 heterocycles. The summed E-state index contributed by atoms with van der Waals surface area (Å²) in [5.41, 5.74) is 3.83. The van der Waals surface area contributed by atoms with E-state index in [-0.39, 0.29) is 18.9 Å². The average Bonchev–Trinajstić information content (AvgIpc) is 3.02. The van der Waals surface area contributed by atoms with Crippen molar-refractivity contribution in [3.8, 4) is 0 Å². The van der Waals surface area contributed by atoms with Gasteiger partial charge in [0.25, 0.3) is 11.7 Å². The lowest BCUT2D eigenvalue weighted by Gasteiger charge is -2.06. The predicted molar refractivity (Wildman–Crippen MR) is 97.9 cm³/mol. The van der Waals surface area contributed by atoms with Gasteiger partial charge in [-0.15, -0.1) is 5.10 Å². The summed E-state index contributed by atoms with van der Waals surface area (Å²) >= 11 is 0. The molecule has 0 saturated carbocycles. The molecule has 0 unspecified atom stereocenters. The number of carbonyl (C=O) groups is 2. The highest BCUT2D eigenvalue weighted by molar-refractivity contribution is 5.80. The van der Waals surface area contributed by atoms with E-state index in [4.69, 9.17) is 4.74 Å². The number of nitrogens with one attached hydrogen (secondary N) is 1. The zero-order valence-corrected chi connectivity index (χ0v) is 15.5. The maximum atomic E-state index is 11.9. The molecule has 8 nitrogen and oxygen atoms in total. The first-order chi connectivity index (χ1) is 12.9. The molecule has 0 spiro atoms. The highest BCUT2D eigenvalue weighted by Gasteiger charge is 2.14. The van der Waals surface area contributed by atoms with Crippen molar-refractivity contribution in [3.63, 3.8) is 0 Å². The fraction of sp³-hybridized carbons (Fsp3) is 0.316. The fourth-order valence-corrected chi connectivity index (χ4v) is 2.57. The van der Waals surface area contributed by atoms with Crippen molar-refractivity contribution in [2.45, 2.75) is 33.7 Å². The van der Waals surface area contributed by atoms with E-state index in [1.807, 2.05) is 51.1 Å². The number of ether oxygens (including phenoxy) is 1. The summed E-state index contributed by atoms with van der Waals surface area (Å²) in [5.74, 6) is -0.182. The molecule has 140 valence electrons. The molecule has 1 amide bonds. The number of hydrogen-bond acceptors (Lipinski definition) is 6. The summed E-state index contributed by atoms with van der Waals surface area (Å²) in [6, 6.07) is 9.70. The Balaban J connectivity index is 1.48. The van der Waals surface area contributed by atoms with Crippen molar-refractivity contribution >= 4 is 17.7 Å². The van der Waals surface area contributed by atoms with Crippen LogP contribution < -0.4 is 5.32 Å². The lowest BCUT2D eigenvalue weighted by Crippen LogP contribution is -2.28. The number of aromatic nitrogens is 4. The Kier molecular flexibility index (Phi) is 5.44. The van der Waals surface area contributed by atoms with Gasteiger partial charge in [0.05, 0.1) is 0 Å². The monoisotopic (exact) mass is 367 g/mol. The van der Waals surface area contributed by atoms with E-state index in [9.17, 15) is 9.59 Å². The van der Waals surface area contributed by atoms with Crippen molar-refractivity contribution in [2.75, 3.05) is 6.61 Å². The molecule has 0 aliphatic heterocycles. The summed E-state index contributed by atoms with van der Waals surface area (Å²) in [6.45, 7) is 5.80. The van der Waals surface area contributed by atoms with Gasteiger partial charge in [0.15, 0.2) is 12.4 Å². The van der Waals surface area contributed by atoms with E-state index in [0.29, 0.717) is 18.1 Å². The summed E-state index contributed by atoms with van der Waals surface area (Å²) < 4.78 is 6.58. The minimum Gasteiger partial charge on any atom is -0.455 e. The van der Waals surface area contributed by atoms with Gasteiger partial charge < -0.3 is 10.1 Å². The van der Waals surface area contributed by atoms with E-state index in [1.165, 1.54) is 0 Å². The first-order valence-electron chi connectivity index (χ1n) is 8.58. The van der Waals surface area contributed by atoms with Crippen molar-refractivity contribution in [1.82, 2.24) is 24.9 Å². The number of benzene rings is 1. The third kappa shape index (κ3) is 4.87. The van der Waals surface area contributed by atoms with Gasteiger partial charge in [0, 0.05) is 17.9 Å². The molecule has 8 heteroatoms. The maximum Gasteiger partial charge on any atom is 0.314 e. The molecule has 1 aromatic carbocycles. The van der Waals surface area contributed by atoms with Gasteiger partial charge >= 0.3 is 5.97 Å². The van der Waals surface area contributed by atoms with E-state index < -0.39 is 5.97 Å². The highest BCUT2D eigenvalue weighted by Crippen LogP contribution is 2.06. The molecule has 2 aromatic heterocycles. The molecule has 3 rings (SSSR count). The first-order valence-corrected chi connectivity index (χ1v) is 8.58. The molecule has 0 aliphatic carbocycles. The van der Waals surface area contributed by atoms with Gasteiger partial charge in [-0.25, -0.2) is 9.50 Å². The zero-order valence-electron chi connectivity index (χ0n) is 15.5. The van der Waals surface area contributed by atoms with Crippen molar-refractivity contribution in [1.29, 1.82) is 0 Å². The average molecular weight is 367 g/mol. The third-order valence-corrected chi connectivity index (χ3v) is 3.94. The summed E-state index contributed by atoms with van der Waals surface area (Å²) in [6.07, 6.45) is -0.118. The highest BCUT2D eigenvalue weighted by atomic mass is 16.5. The Labute approximate surface area is 156 Å². The van der Waals surface area contributed by atoms with Gasteiger partial charge in [-0.1, -0.05) is 29.8 Å². The minimum absolute atomic E-state index is 0.118. The van der Waals surface area contributed by atoms with Crippen LogP contribution in [0.25, 0.3) is 5.78 Å². The number of aryl methyl sites for hydroxylation is 3. The van der Waals surface area contributed by atoms with Gasteiger partial charge in [-0.3, -0.25) is 9.59 Å². The smallest absolute Gasteiger partial charge is 0.314 e. The van der Waals surface area contributed by atoms with Crippen molar-refractivity contribution in [2.24, 2.45) is 0 Å². The van der Waals surface area contributed by atoms with Crippen LogP contribution in [0.15, 0.2) is 30.3 Å². The van der Waals surface area contributed by atoms with Crippen molar-refractivity contribution < 1.29 is 14.3 Å². The van der Waals surface area contributed by atoms with Crippen LogP contribution >= 0.6 is 0 Å². The molecule has 3 aromatic rings. The van der Waals surface area contributed by atoms with Gasteiger partial charge in [0.1, 0.15) is 6.42 Å². The Morgan fingerprint density at radius 3 is 2.59 bits per heavy atom. The van der Waals surface area contributed by atoms with Crippen LogP contribution in [0.1, 0.15) is 28.3 Å². The van der Waals surface area contributed by atoms with Crippen molar-refractivity contribution in [3.05, 3.63) is 58.7 Å². The molecular formula is C19H21N5O3. The van der Waals surface area contributed by atoms with Gasteiger partial charge in [-0.05, 0) is 32.4 Å². The summed E-state index contributed by atoms with van der Waals surface area (Å²) in [4.78, 5) is 32.3. The first kappa shape index (κ1) is 18.5. The van der Waals surface area contributed by atoms with Gasteiger partial charge in [0.2, 0.25) is 0 Å². The molecule has 0 aliphatic rings. The second-order valence-electron chi connectivity index (χ2n) is 6.38. The predicted octanol–water partition coefficient (Wildman–Crippen LogP) is 1.45. The molecule has 1 N–H and O–H groups in total. The molecule has 0 bridgehead atoms. The Hall–Kier alpha value is -3.29. The number of amides is 1. The quantitative estimate of drug-likeness (QED) is 0.662. The van der Waals surface area contributed by atoms with Gasteiger partial charge in [-0.2, -0.15) is 4.98 Å². The van der Waals surface area contributed by atoms with Crippen LogP contribution in [0, 0.1) is 20.8 Å². The Bertz CT molecular complexity index is 979. The number of nitrogens with zero attached hydrogens (tertiary/aromatic N) is 4. The Morgan fingerprint density at radius 2 is 1.85 bits per heavy atom. The normalized spacial score (nSPS) is 10.8. The van der Waals surface area contributed by atoms with Crippen LogP contribution in [-0.4, -0.2) is 38.1 Å². The summed E-state index contributed by atoms with van der Waals surface area (Å²) in [7, 11) is 0. The molecule has 0 fully saturated rings. The largest absolute Gasteiger partial charge is 0.455 e. The lowest BCUT2D eigenvalue weighted by molar-refractivity contribution is -0.148. The molecule has 0 atom stereocenters. The second-order valence-corrected chi connectivity index (χ2v) is 6.38. The molecule has 0 saturated heterocycles. The number of rotatable bonds is 6. The minimum atomic E-state index is -0.564. The van der Waals surface area contributed by atoms with Crippen LogP contribution in [0.5, 0.6) is 0 Å².